The van der Waals surface area contributed by atoms with Gasteiger partial charge in [0, 0.05) is 31.8 Å². The number of hydrogen-bond acceptors (Lipinski definition) is 8. The van der Waals surface area contributed by atoms with Gasteiger partial charge in [0.1, 0.15) is 35.0 Å². The average molecular weight is 676 g/mol. The Morgan fingerprint density at radius 1 is 1.00 bits per heavy atom. The molecule has 0 saturated heterocycles. The van der Waals surface area contributed by atoms with Crippen LogP contribution in [0.1, 0.15) is 71.0 Å². The first-order chi connectivity index (χ1) is 22.2. The lowest BCUT2D eigenvalue weighted by atomic mass is 9.86. The minimum absolute atomic E-state index is 0.118. The second-order valence-electron chi connectivity index (χ2n) is 15.5. The molecule has 1 N–H and O–H groups in total. The Hall–Kier alpha value is -4.34. The van der Waals surface area contributed by atoms with E-state index in [-0.39, 0.29) is 6.73 Å². The Balaban J connectivity index is 2.05. The van der Waals surface area contributed by atoms with Gasteiger partial charge in [-0.2, -0.15) is 5.26 Å². The number of alkyl carbamates (subject to hydrolysis) is 1. The minimum Gasteiger partial charge on any atom is -0.496 e. The maximum atomic E-state index is 13.7. The fourth-order valence-corrected chi connectivity index (χ4v) is 6.38. The molecule has 0 fully saturated rings. The highest BCUT2D eigenvalue weighted by atomic mass is 28.3. The summed E-state index contributed by atoms with van der Waals surface area (Å²) in [5.74, 6) is 0.899. The molecule has 0 aliphatic heterocycles. The number of fused-ring (bicyclic) bond motifs is 2. The molecular weight excluding hydrogens is 627 g/mol. The van der Waals surface area contributed by atoms with Gasteiger partial charge < -0.3 is 28.8 Å². The predicted octanol–water partition coefficient (Wildman–Crippen LogP) is 8.06. The van der Waals surface area contributed by atoms with Crippen LogP contribution in [0, 0.1) is 18.3 Å². The summed E-state index contributed by atoms with van der Waals surface area (Å²) >= 11 is 0. The number of nitrogens with one attached hydrogen (secondary N) is 1. The Morgan fingerprint density at radius 2 is 1.67 bits per heavy atom. The van der Waals surface area contributed by atoms with Crippen LogP contribution >= 0.6 is 0 Å². The summed E-state index contributed by atoms with van der Waals surface area (Å²) in [5.41, 5.74) is 0.744. The van der Waals surface area contributed by atoms with E-state index in [1.54, 1.807) is 52.3 Å². The van der Waals surface area contributed by atoms with Gasteiger partial charge in [0.15, 0.2) is 0 Å². The average Bonchev–Trinajstić information content (AvgIpc) is 3.55. The third-order valence-corrected chi connectivity index (χ3v) is 9.43. The number of carbonyl (C=O) groups excluding carboxylic acids is 2. The van der Waals surface area contributed by atoms with E-state index in [2.05, 4.69) is 31.0 Å². The zero-order chi connectivity index (χ0) is 35.8. The van der Waals surface area contributed by atoms with E-state index in [0.717, 1.165) is 11.6 Å². The van der Waals surface area contributed by atoms with Crippen LogP contribution in [-0.4, -0.2) is 59.3 Å². The fourth-order valence-electron chi connectivity index (χ4n) is 5.62. The third kappa shape index (κ3) is 8.02. The molecule has 2 aromatic carbocycles. The van der Waals surface area contributed by atoms with Crippen molar-refractivity contribution in [2.45, 2.75) is 105 Å². The van der Waals surface area contributed by atoms with Crippen LogP contribution in [0.5, 0.6) is 5.75 Å². The van der Waals surface area contributed by atoms with Crippen molar-refractivity contribution >= 4 is 42.2 Å². The summed E-state index contributed by atoms with van der Waals surface area (Å²) in [7, 11) is 0.171. The molecule has 1 atom stereocenters. The van der Waals surface area contributed by atoms with Crippen molar-refractivity contribution < 1.29 is 28.5 Å². The first-order valence-electron chi connectivity index (χ1n) is 16.1. The zero-order valence-electron chi connectivity index (χ0n) is 30.3. The van der Waals surface area contributed by atoms with Crippen LogP contribution in [0.25, 0.3) is 21.9 Å². The van der Waals surface area contributed by atoms with Crippen LogP contribution in [0.4, 0.5) is 9.59 Å². The summed E-state index contributed by atoms with van der Waals surface area (Å²) < 4.78 is 27.1. The second kappa shape index (κ2) is 13.3. The number of aryl methyl sites for hydroxylation is 1. The highest BCUT2D eigenvalue weighted by Crippen LogP contribution is 2.43. The lowest BCUT2D eigenvalue weighted by molar-refractivity contribution is 0.0460. The monoisotopic (exact) mass is 675 g/mol. The number of imidazole rings is 1. The number of carbonyl (C=O) groups is 2. The highest BCUT2D eigenvalue weighted by molar-refractivity contribution is 6.76. The van der Waals surface area contributed by atoms with Gasteiger partial charge in [-0.15, -0.1) is 0 Å². The molecule has 4 rings (SSSR count). The van der Waals surface area contributed by atoms with Crippen LogP contribution in [-0.2, 0) is 26.5 Å². The molecule has 0 aliphatic rings. The zero-order valence-corrected chi connectivity index (χ0v) is 31.3. The molecular formula is C36H49N5O6Si. The third-order valence-electron chi connectivity index (χ3n) is 7.73. The number of nitrogens with zero attached hydrogens (tertiary/aromatic N) is 4. The van der Waals surface area contributed by atoms with E-state index < -0.39 is 37.0 Å². The van der Waals surface area contributed by atoms with Gasteiger partial charge in [0.25, 0.3) is 0 Å². The molecule has 0 spiro atoms. The molecule has 4 aromatic rings. The summed E-state index contributed by atoms with van der Waals surface area (Å²) in [6.45, 7) is 22.1. The van der Waals surface area contributed by atoms with Gasteiger partial charge in [-0.1, -0.05) is 19.6 Å². The Morgan fingerprint density at radius 3 is 2.25 bits per heavy atom. The molecule has 11 nitrogen and oxygen atoms in total. The standard InChI is InChI=1S/C36H49N5O6Si/c1-23-19-28(44-9)29(25-15-16-40(30(23)25)33(43)47-35(5,6)7)36(8,39-32(42)46-34(2,3)4)31-38-26-14-13-24(21-37)20-27(26)41(31)22-45-17-18-48(10,11)12/h13-16,19-20H,17-18,22H2,1-12H3,(H,39,42). The van der Waals surface area contributed by atoms with Crippen molar-refractivity contribution in [2.24, 2.45) is 0 Å². The van der Waals surface area contributed by atoms with E-state index in [1.165, 1.54) is 4.57 Å². The Kier molecular flexibility index (Phi) is 10.1. The van der Waals surface area contributed by atoms with Crippen molar-refractivity contribution in [3.05, 3.63) is 59.0 Å². The summed E-state index contributed by atoms with van der Waals surface area (Å²) in [6, 6.07) is 12.1. The van der Waals surface area contributed by atoms with Crippen LogP contribution in [0.2, 0.25) is 25.7 Å². The molecule has 0 aliphatic carbocycles. The number of aromatic nitrogens is 3. The number of benzene rings is 2. The highest BCUT2D eigenvalue weighted by Gasteiger charge is 2.42. The second-order valence-corrected chi connectivity index (χ2v) is 21.1. The SMILES string of the molecule is COc1cc(C)c2c(ccn2C(=O)OC(C)(C)C)c1C(C)(NC(=O)OC(C)(C)C)c1nc2ccc(C#N)cc2n1COCC[Si](C)(C)C. The number of ether oxygens (including phenoxy) is 4. The van der Waals surface area contributed by atoms with Gasteiger partial charge in [0.2, 0.25) is 0 Å². The maximum absolute atomic E-state index is 13.7. The Bertz CT molecular complexity index is 1880. The van der Waals surface area contributed by atoms with Crippen molar-refractivity contribution in [1.29, 1.82) is 5.26 Å². The maximum Gasteiger partial charge on any atom is 0.419 e. The number of nitriles is 1. The quantitative estimate of drug-likeness (QED) is 0.139. The molecule has 2 aromatic heterocycles. The smallest absolute Gasteiger partial charge is 0.419 e. The first kappa shape index (κ1) is 36.5. The molecule has 1 amide bonds. The van der Waals surface area contributed by atoms with E-state index >= 15 is 0 Å². The lowest BCUT2D eigenvalue weighted by Crippen LogP contribution is -2.48. The van der Waals surface area contributed by atoms with E-state index in [0.29, 0.717) is 51.2 Å². The summed E-state index contributed by atoms with van der Waals surface area (Å²) in [6.07, 6.45) is 0.443. The summed E-state index contributed by atoms with van der Waals surface area (Å²) in [4.78, 5) is 32.2. The molecule has 258 valence electrons. The predicted molar refractivity (Wildman–Crippen MR) is 189 cm³/mol. The van der Waals surface area contributed by atoms with Gasteiger partial charge in [-0.3, -0.25) is 4.57 Å². The van der Waals surface area contributed by atoms with Crippen molar-refractivity contribution in [2.75, 3.05) is 13.7 Å². The van der Waals surface area contributed by atoms with E-state index in [4.69, 9.17) is 23.9 Å². The van der Waals surface area contributed by atoms with Crippen molar-refractivity contribution in [3.63, 3.8) is 0 Å². The molecule has 0 bridgehead atoms. The van der Waals surface area contributed by atoms with Crippen molar-refractivity contribution in [3.8, 4) is 11.8 Å². The molecule has 0 saturated carbocycles. The van der Waals surface area contributed by atoms with Gasteiger partial charge in [0.05, 0.1) is 35.3 Å². The largest absolute Gasteiger partial charge is 0.496 e. The fraction of sp³-hybridized carbons (Fsp3) is 0.500. The molecule has 48 heavy (non-hydrogen) atoms. The van der Waals surface area contributed by atoms with E-state index in [9.17, 15) is 14.9 Å². The first-order valence-corrected chi connectivity index (χ1v) is 19.8. The number of methoxy groups -OCH3 is 1. The van der Waals surface area contributed by atoms with Crippen LogP contribution in [0.15, 0.2) is 36.5 Å². The van der Waals surface area contributed by atoms with E-state index in [1.807, 2.05) is 51.3 Å². The molecule has 0 radical (unpaired) electrons. The number of rotatable bonds is 9. The summed E-state index contributed by atoms with van der Waals surface area (Å²) in [5, 5.41) is 13.5. The van der Waals surface area contributed by atoms with Crippen LogP contribution < -0.4 is 10.1 Å². The molecule has 12 heteroatoms. The normalized spacial score (nSPS) is 13.6. The number of hydrogen-bond donors (Lipinski definition) is 1. The topological polar surface area (TPSA) is 130 Å². The minimum atomic E-state index is -1.41. The van der Waals surface area contributed by atoms with Gasteiger partial charge in [-0.25, -0.2) is 14.6 Å². The number of amides is 1. The van der Waals surface area contributed by atoms with Crippen LogP contribution in [0.3, 0.4) is 0 Å². The molecule has 2 heterocycles. The van der Waals surface area contributed by atoms with Gasteiger partial charge >= 0.3 is 12.2 Å². The van der Waals surface area contributed by atoms with Gasteiger partial charge in [-0.05, 0) is 97.3 Å². The molecule has 1 unspecified atom stereocenters. The Labute approximate surface area is 284 Å². The lowest BCUT2D eigenvalue weighted by Gasteiger charge is -2.34. The van der Waals surface area contributed by atoms with Crippen molar-refractivity contribution in [1.82, 2.24) is 19.4 Å².